The van der Waals surface area contributed by atoms with Gasteiger partial charge >= 0.3 is 0 Å². The second-order valence-corrected chi connectivity index (χ2v) is 7.26. The standard InChI is InChI=1S/C23H26FNO3/c24-21(17-19-7-3-1-4-8-19)22(27)25-14-11-23(18-26,12-15-25)13-16-28-20-9-5-2-6-10-20/h1-10,17,26H,11-16,18H2/b21-17-. The smallest absolute Gasteiger partial charge is 0.282 e. The molecule has 0 saturated carbocycles. The Morgan fingerprint density at radius 3 is 2.29 bits per heavy atom. The molecule has 5 heteroatoms. The maximum atomic E-state index is 14.3. The van der Waals surface area contributed by atoms with E-state index in [1.54, 1.807) is 24.3 Å². The van der Waals surface area contributed by atoms with E-state index in [0.29, 0.717) is 44.5 Å². The highest BCUT2D eigenvalue weighted by molar-refractivity contribution is 5.95. The highest BCUT2D eigenvalue weighted by atomic mass is 19.1. The van der Waals surface area contributed by atoms with Crippen molar-refractivity contribution in [2.24, 2.45) is 5.41 Å². The molecular formula is C23H26FNO3. The van der Waals surface area contributed by atoms with Crippen LogP contribution in [0.25, 0.3) is 6.08 Å². The summed E-state index contributed by atoms with van der Waals surface area (Å²) in [6.07, 6.45) is 3.23. The Kier molecular flexibility index (Phi) is 6.82. The molecule has 0 unspecified atom stereocenters. The van der Waals surface area contributed by atoms with Gasteiger partial charge in [0.15, 0.2) is 5.83 Å². The van der Waals surface area contributed by atoms with Crippen LogP contribution in [0.3, 0.4) is 0 Å². The average Bonchev–Trinajstić information content (AvgIpc) is 2.75. The Morgan fingerprint density at radius 1 is 1.07 bits per heavy atom. The molecule has 0 radical (unpaired) electrons. The van der Waals surface area contributed by atoms with Crippen molar-refractivity contribution in [3.8, 4) is 5.75 Å². The number of carbonyl (C=O) groups is 1. The van der Waals surface area contributed by atoms with E-state index in [-0.39, 0.29) is 12.0 Å². The molecule has 1 heterocycles. The molecule has 1 aliphatic rings. The van der Waals surface area contributed by atoms with Gasteiger partial charge < -0.3 is 14.7 Å². The molecule has 0 spiro atoms. The van der Waals surface area contributed by atoms with Crippen LogP contribution in [-0.2, 0) is 4.79 Å². The maximum absolute atomic E-state index is 14.3. The van der Waals surface area contributed by atoms with Crippen molar-refractivity contribution in [3.63, 3.8) is 0 Å². The normalized spacial score (nSPS) is 16.6. The summed E-state index contributed by atoms with van der Waals surface area (Å²) in [7, 11) is 0. The number of benzene rings is 2. The second-order valence-electron chi connectivity index (χ2n) is 7.26. The summed E-state index contributed by atoms with van der Waals surface area (Å²) in [6.45, 7) is 1.40. The van der Waals surface area contributed by atoms with E-state index in [4.69, 9.17) is 4.74 Å². The molecule has 3 rings (SSSR count). The number of aliphatic hydroxyl groups excluding tert-OH is 1. The lowest BCUT2D eigenvalue weighted by atomic mass is 9.76. The zero-order valence-corrected chi connectivity index (χ0v) is 15.9. The third kappa shape index (κ3) is 5.20. The third-order valence-corrected chi connectivity index (χ3v) is 5.39. The predicted molar refractivity (Wildman–Crippen MR) is 107 cm³/mol. The Bertz CT molecular complexity index is 784. The van der Waals surface area contributed by atoms with Crippen molar-refractivity contribution < 1.29 is 19.0 Å². The summed E-state index contributed by atoms with van der Waals surface area (Å²) in [6, 6.07) is 18.5. The van der Waals surface area contributed by atoms with Gasteiger partial charge in [0.1, 0.15) is 5.75 Å². The van der Waals surface area contributed by atoms with Crippen LogP contribution in [0.1, 0.15) is 24.8 Å². The zero-order valence-electron chi connectivity index (χ0n) is 15.9. The van der Waals surface area contributed by atoms with Gasteiger partial charge in [-0.1, -0.05) is 48.5 Å². The molecule has 0 aliphatic carbocycles. The van der Waals surface area contributed by atoms with E-state index in [1.807, 2.05) is 36.4 Å². The van der Waals surface area contributed by atoms with E-state index in [1.165, 1.54) is 11.0 Å². The minimum atomic E-state index is -0.755. The lowest BCUT2D eigenvalue weighted by Gasteiger charge is -2.40. The van der Waals surface area contributed by atoms with Crippen LogP contribution in [0, 0.1) is 5.41 Å². The number of amides is 1. The van der Waals surface area contributed by atoms with Crippen LogP contribution in [0.15, 0.2) is 66.5 Å². The SMILES string of the molecule is O=C(/C(F)=C/c1ccccc1)N1CCC(CO)(CCOc2ccccc2)CC1. The minimum Gasteiger partial charge on any atom is -0.494 e. The largest absolute Gasteiger partial charge is 0.494 e. The Balaban J connectivity index is 1.52. The molecule has 148 valence electrons. The highest BCUT2D eigenvalue weighted by Crippen LogP contribution is 2.35. The molecule has 1 saturated heterocycles. The number of carbonyl (C=O) groups excluding carboxylic acids is 1. The van der Waals surface area contributed by atoms with E-state index < -0.39 is 11.7 Å². The lowest BCUT2D eigenvalue weighted by molar-refractivity contribution is -0.131. The van der Waals surface area contributed by atoms with Crippen LogP contribution in [-0.4, -0.2) is 42.2 Å². The van der Waals surface area contributed by atoms with Crippen molar-refractivity contribution in [1.82, 2.24) is 4.90 Å². The first kappa shape index (κ1) is 20.1. The van der Waals surface area contributed by atoms with Crippen LogP contribution in [0.2, 0.25) is 0 Å². The summed E-state index contributed by atoms with van der Waals surface area (Å²) in [4.78, 5) is 13.9. The predicted octanol–water partition coefficient (Wildman–Crippen LogP) is 4.07. The minimum absolute atomic E-state index is 0.0372. The quantitative estimate of drug-likeness (QED) is 0.734. The first-order chi connectivity index (χ1) is 13.6. The van der Waals surface area contributed by atoms with Crippen LogP contribution < -0.4 is 4.74 Å². The van der Waals surface area contributed by atoms with Gasteiger partial charge in [0.25, 0.3) is 5.91 Å². The second kappa shape index (κ2) is 9.51. The van der Waals surface area contributed by atoms with Gasteiger partial charge in [0.2, 0.25) is 0 Å². The van der Waals surface area contributed by atoms with Crippen molar-refractivity contribution in [1.29, 1.82) is 0 Å². The summed E-state index contributed by atoms with van der Waals surface area (Å²) in [5, 5.41) is 9.92. The number of halogens is 1. The Labute approximate surface area is 165 Å². The van der Waals surface area contributed by atoms with Gasteiger partial charge in [0, 0.05) is 25.1 Å². The van der Waals surface area contributed by atoms with E-state index in [2.05, 4.69) is 0 Å². The molecule has 2 aromatic rings. The van der Waals surface area contributed by atoms with Gasteiger partial charge in [-0.05, 0) is 43.0 Å². The molecule has 0 atom stereocenters. The number of para-hydroxylation sites is 1. The van der Waals surface area contributed by atoms with Crippen LogP contribution in [0.5, 0.6) is 5.75 Å². The fourth-order valence-electron chi connectivity index (χ4n) is 3.48. The zero-order chi connectivity index (χ0) is 19.8. The number of rotatable bonds is 7. The third-order valence-electron chi connectivity index (χ3n) is 5.39. The number of piperidine rings is 1. The fraction of sp³-hybridized carbons (Fsp3) is 0.348. The molecular weight excluding hydrogens is 357 g/mol. The molecule has 0 bridgehead atoms. The van der Waals surface area contributed by atoms with Crippen LogP contribution in [0.4, 0.5) is 4.39 Å². The van der Waals surface area contributed by atoms with Gasteiger partial charge in [-0.3, -0.25) is 4.79 Å². The molecule has 2 aromatic carbocycles. The van der Waals surface area contributed by atoms with Gasteiger partial charge in [-0.15, -0.1) is 0 Å². The summed E-state index contributed by atoms with van der Waals surface area (Å²) < 4.78 is 20.1. The average molecular weight is 383 g/mol. The molecule has 1 amide bonds. The van der Waals surface area contributed by atoms with Crippen molar-refractivity contribution in [2.45, 2.75) is 19.3 Å². The number of likely N-dealkylation sites (tertiary alicyclic amines) is 1. The first-order valence-corrected chi connectivity index (χ1v) is 9.62. The summed E-state index contributed by atoms with van der Waals surface area (Å²) in [5.41, 5.74) is 0.374. The highest BCUT2D eigenvalue weighted by Gasteiger charge is 2.36. The molecule has 1 N–H and O–H groups in total. The number of hydrogen-bond acceptors (Lipinski definition) is 3. The van der Waals surface area contributed by atoms with E-state index in [0.717, 1.165) is 5.75 Å². The van der Waals surface area contributed by atoms with Crippen molar-refractivity contribution >= 4 is 12.0 Å². The topological polar surface area (TPSA) is 49.8 Å². The van der Waals surface area contributed by atoms with Crippen LogP contribution >= 0.6 is 0 Å². The Hall–Kier alpha value is -2.66. The van der Waals surface area contributed by atoms with E-state index >= 15 is 0 Å². The lowest BCUT2D eigenvalue weighted by Crippen LogP contribution is -2.45. The Morgan fingerprint density at radius 2 is 1.68 bits per heavy atom. The van der Waals surface area contributed by atoms with E-state index in [9.17, 15) is 14.3 Å². The monoisotopic (exact) mass is 383 g/mol. The maximum Gasteiger partial charge on any atom is 0.282 e. The fourth-order valence-corrected chi connectivity index (χ4v) is 3.48. The first-order valence-electron chi connectivity index (χ1n) is 9.62. The number of hydrogen-bond donors (Lipinski definition) is 1. The molecule has 28 heavy (non-hydrogen) atoms. The molecule has 1 aliphatic heterocycles. The number of ether oxygens (including phenoxy) is 1. The number of aliphatic hydroxyl groups is 1. The van der Waals surface area contributed by atoms with Crippen molar-refractivity contribution in [3.05, 3.63) is 72.1 Å². The van der Waals surface area contributed by atoms with Gasteiger partial charge in [-0.2, -0.15) is 0 Å². The number of nitrogens with zero attached hydrogens (tertiary/aromatic N) is 1. The summed E-state index contributed by atoms with van der Waals surface area (Å²) in [5.74, 6) is -0.539. The molecule has 0 aromatic heterocycles. The molecule has 4 nitrogen and oxygen atoms in total. The van der Waals surface area contributed by atoms with Gasteiger partial charge in [-0.25, -0.2) is 4.39 Å². The molecule has 1 fully saturated rings. The van der Waals surface area contributed by atoms with Gasteiger partial charge in [0.05, 0.1) is 6.61 Å². The summed E-state index contributed by atoms with van der Waals surface area (Å²) >= 11 is 0. The van der Waals surface area contributed by atoms with Crippen molar-refractivity contribution in [2.75, 3.05) is 26.3 Å².